The van der Waals surface area contributed by atoms with Gasteiger partial charge in [-0.2, -0.15) is 0 Å². The third-order valence-corrected chi connectivity index (χ3v) is 4.63. The molecule has 0 aromatic heterocycles. The minimum absolute atomic E-state index is 0.0125. The molecular weight excluding hydrogens is 426 g/mol. The van der Waals surface area contributed by atoms with E-state index in [1.807, 2.05) is 48.5 Å². The van der Waals surface area contributed by atoms with Gasteiger partial charge in [0, 0.05) is 5.56 Å². The molecule has 0 bridgehead atoms. The van der Waals surface area contributed by atoms with Gasteiger partial charge in [0.2, 0.25) is 5.91 Å². The molecule has 3 rings (SSSR count). The molecule has 0 saturated carbocycles. The molecular formula is C24H23N3O4S. The first-order valence-corrected chi connectivity index (χ1v) is 10.2. The Labute approximate surface area is 191 Å². The van der Waals surface area contributed by atoms with E-state index >= 15 is 0 Å². The number of carbonyl (C=O) groups is 2. The van der Waals surface area contributed by atoms with E-state index in [2.05, 4.69) is 16.2 Å². The number of amides is 2. The Morgan fingerprint density at radius 2 is 1.53 bits per heavy atom. The highest BCUT2D eigenvalue weighted by molar-refractivity contribution is 7.80. The predicted molar refractivity (Wildman–Crippen MR) is 126 cm³/mol. The van der Waals surface area contributed by atoms with Crippen LogP contribution in [0.15, 0.2) is 78.9 Å². The zero-order chi connectivity index (χ0) is 22.8. The second-order valence-corrected chi connectivity index (χ2v) is 7.13. The lowest BCUT2D eigenvalue weighted by Crippen LogP contribution is -2.49. The summed E-state index contributed by atoms with van der Waals surface area (Å²) in [6.45, 7) is -0.223. The van der Waals surface area contributed by atoms with E-state index in [9.17, 15) is 9.59 Å². The van der Waals surface area contributed by atoms with Gasteiger partial charge in [-0.25, -0.2) is 0 Å². The number of carbonyl (C=O) groups excluding carboxylic acids is 2. The molecule has 0 fully saturated rings. The zero-order valence-corrected chi connectivity index (χ0v) is 18.3. The molecule has 164 valence electrons. The minimum atomic E-state index is -0.445. The lowest BCUT2D eigenvalue weighted by molar-refractivity contribution is -0.124. The van der Waals surface area contributed by atoms with Crippen molar-refractivity contribution in [3.8, 4) is 22.6 Å². The smallest absolute Gasteiger partial charge is 0.276 e. The van der Waals surface area contributed by atoms with Gasteiger partial charge in [-0.15, -0.1) is 0 Å². The van der Waals surface area contributed by atoms with Crippen LogP contribution in [0.3, 0.4) is 0 Å². The van der Waals surface area contributed by atoms with Gasteiger partial charge in [-0.3, -0.25) is 20.4 Å². The van der Waals surface area contributed by atoms with E-state index in [0.29, 0.717) is 11.5 Å². The van der Waals surface area contributed by atoms with E-state index in [1.54, 1.807) is 37.4 Å². The summed E-state index contributed by atoms with van der Waals surface area (Å²) in [6.07, 6.45) is 0.138. The Balaban J connectivity index is 1.43. The highest BCUT2D eigenvalue weighted by Crippen LogP contribution is 2.29. The van der Waals surface area contributed by atoms with Crippen LogP contribution in [-0.4, -0.2) is 30.6 Å². The maximum Gasteiger partial charge on any atom is 0.276 e. The molecule has 3 N–H and O–H groups in total. The fraction of sp³-hybridized carbons (Fsp3) is 0.125. The molecule has 3 aromatic carbocycles. The SMILES string of the molecule is COc1ccc(CC(=O)NC(=S)NNC(=O)COc2ccccc2-c2ccccc2)cc1. The fourth-order valence-electron chi connectivity index (χ4n) is 2.89. The Morgan fingerprint density at radius 3 is 2.25 bits per heavy atom. The van der Waals surface area contributed by atoms with Gasteiger partial charge in [0.1, 0.15) is 11.5 Å². The molecule has 0 aliphatic heterocycles. The van der Waals surface area contributed by atoms with Crippen LogP contribution in [0.5, 0.6) is 11.5 Å². The van der Waals surface area contributed by atoms with Crippen LogP contribution in [0.25, 0.3) is 11.1 Å². The largest absolute Gasteiger partial charge is 0.497 e. The number of thiocarbonyl (C=S) groups is 1. The average Bonchev–Trinajstić information content (AvgIpc) is 2.82. The van der Waals surface area contributed by atoms with Crippen LogP contribution < -0.4 is 25.6 Å². The topological polar surface area (TPSA) is 88.7 Å². The minimum Gasteiger partial charge on any atom is -0.497 e. The number of benzene rings is 3. The number of rotatable bonds is 7. The molecule has 0 spiro atoms. The highest BCUT2D eigenvalue weighted by Gasteiger charge is 2.10. The molecule has 0 radical (unpaired) electrons. The first-order chi connectivity index (χ1) is 15.5. The summed E-state index contributed by atoms with van der Waals surface area (Å²) in [5.41, 5.74) is 7.59. The third-order valence-electron chi connectivity index (χ3n) is 4.42. The molecule has 2 amide bonds. The number of ether oxygens (including phenoxy) is 2. The van der Waals surface area contributed by atoms with Crippen molar-refractivity contribution in [3.63, 3.8) is 0 Å². The third kappa shape index (κ3) is 6.82. The fourth-order valence-corrected chi connectivity index (χ4v) is 3.05. The number of methoxy groups -OCH3 is 1. The van der Waals surface area contributed by atoms with Crippen molar-refractivity contribution in [2.24, 2.45) is 0 Å². The van der Waals surface area contributed by atoms with Crippen LogP contribution >= 0.6 is 12.2 Å². The van der Waals surface area contributed by atoms with Crippen molar-refractivity contribution in [1.29, 1.82) is 0 Å². The maximum atomic E-state index is 12.1. The summed E-state index contributed by atoms with van der Waals surface area (Å²) in [7, 11) is 1.58. The lowest BCUT2D eigenvalue weighted by Gasteiger charge is -2.13. The summed E-state index contributed by atoms with van der Waals surface area (Å²) in [6, 6.07) is 24.3. The highest BCUT2D eigenvalue weighted by atomic mass is 32.1. The molecule has 0 aliphatic carbocycles. The normalized spacial score (nSPS) is 10.0. The van der Waals surface area contributed by atoms with Crippen LogP contribution in [0.2, 0.25) is 0 Å². The molecule has 8 heteroatoms. The molecule has 0 aliphatic rings. The van der Waals surface area contributed by atoms with Gasteiger partial charge < -0.3 is 14.8 Å². The van der Waals surface area contributed by atoms with Gasteiger partial charge in [0.25, 0.3) is 5.91 Å². The summed E-state index contributed by atoms with van der Waals surface area (Å²) >= 11 is 5.05. The van der Waals surface area contributed by atoms with Crippen LogP contribution in [0, 0.1) is 0 Å². The molecule has 0 saturated heterocycles. The van der Waals surface area contributed by atoms with E-state index in [1.165, 1.54) is 0 Å². The standard InChI is InChI=1S/C24H23N3O4S/c1-30-19-13-11-17(12-14-19)15-22(28)25-24(32)27-26-23(29)16-31-21-10-6-5-9-20(21)18-7-3-2-4-8-18/h2-14H,15-16H2,1H3,(H,26,29)(H2,25,27,28,32). The Morgan fingerprint density at radius 1 is 0.844 bits per heavy atom. The van der Waals surface area contributed by atoms with Gasteiger partial charge in [0.05, 0.1) is 13.5 Å². The number of hydrazine groups is 1. The Hall–Kier alpha value is -3.91. The van der Waals surface area contributed by atoms with Crippen molar-refractivity contribution in [2.75, 3.05) is 13.7 Å². The van der Waals surface area contributed by atoms with E-state index in [0.717, 1.165) is 16.7 Å². The number of para-hydroxylation sites is 1. The Kier molecular flexibility index (Phi) is 8.16. The molecule has 7 nitrogen and oxygen atoms in total. The molecule has 32 heavy (non-hydrogen) atoms. The zero-order valence-electron chi connectivity index (χ0n) is 17.5. The number of hydrogen-bond acceptors (Lipinski definition) is 5. The average molecular weight is 450 g/mol. The van der Waals surface area contributed by atoms with Crippen molar-refractivity contribution >= 4 is 29.1 Å². The second-order valence-electron chi connectivity index (χ2n) is 6.73. The number of hydrogen-bond donors (Lipinski definition) is 3. The molecule has 0 atom stereocenters. The van der Waals surface area contributed by atoms with E-state index in [-0.39, 0.29) is 24.0 Å². The summed E-state index contributed by atoms with van der Waals surface area (Å²) in [5.74, 6) is 0.543. The van der Waals surface area contributed by atoms with Crippen molar-refractivity contribution in [1.82, 2.24) is 16.2 Å². The van der Waals surface area contributed by atoms with E-state index in [4.69, 9.17) is 21.7 Å². The van der Waals surface area contributed by atoms with Gasteiger partial charge in [-0.05, 0) is 41.5 Å². The lowest BCUT2D eigenvalue weighted by atomic mass is 10.1. The van der Waals surface area contributed by atoms with Crippen molar-refractivity contribution in [3.05, 3.63) is 84.4 Å². The van der Waals surface area contributed by atoms with Crippen LogP contribution in [-0.2, 0) is 16.0 Å². The van der Waals surface area contributed by atoms with E-state index < -0.39 is 5.91 Å². The molecule has 0 heterocycles. The van der Waals surface area contributed by atoms with Crippen LogP contribution in [0.1, 0.15) is 5.56 Å². The van der Waals surface area contributed by atoms with Crippen molar-refractivity contribution in [2.45, 2.75) is 6.42 Å². The van der Waals surface area contributed by atoms with Gasteiger partial charge in [0.15, 0.2) is 11.7 Å². The first kappa shape index (κ1) is 22.8. The number of nitrogens with one attached hydrogen (secondary N) is 3. The van der Waals surface area contributed by atoms with Gasteiger partial charge >= 0.3 is 0 Å². The maximum absolute atomic E-state index is 12.1. The summed E-state index contributed by atoms with van der Waals surface area (Å²) in [5, 5.41) is 2.50. The second kappa shape index (κ2) is 11.5. The molecule has 3 aromatic rings. The quantitative estimate of drug-likeness (QED) is 0.380. The molecule has 0 unspecified atom stereocenters. The monoisotopic (exact) mass is 449 g/mol. The van der Waals surface area contributed by atoms with Crippen molar-refractivity contribution < 1.29 is 19.1 Å². The summed E-state index contributed by atoms with van der Waals surface area (Å²) < 4.78 is 10.8. The summed E-state index contributed by atoms with van der Waals surface area (Å²) in [4.78, 5) is 24.2. The first-order valence-electron chi connectivity index (χ1n) is 9.84. The predicted octanol–water partition coefficient (Wildman–Crippen LogP) is 3.01. The Bertz CT molecular complexity index is 1070. The van der Waals surface area contributed by atoms with Crippen LogP contribution in [0.4, 0.5) is 0 Å². The van der Waals surface area contributed by atoms with Gasteiger partial charge in [-0.1, -0.05) is 60.7 Å².